The summed E-state index contributed by atoms with van der Waals surface area (Å²) in [6.07, 6.45) is -0.527. The lowest BCUT2D eigenvalue weighted by atomic mass is 9.77. The van der Waals surface area contributed by atoms with E-state index in [1.807, 2.05) is 0 Å². The highest BCUT2D eigenvalue weighted by Crippen LogP contribution is 2.51. The van der Waals surface area contributed by atoms with E-state index in [-0.39, 0.29) is 12.2 Å². The van der Waals surface area contributed by atoms with Gasteiger partial charge in [-0.25, -0.2) is 9.59 Å². The summed E-state index contributed by atoms with van der Waals surface area (Å²) in [7, 11) is 0. The minimum atomic E-state index is -2.40. The van der Waals surface area contributed by atoms with Crippen LogP contribution in [0.3, 0.4) is 0 Å². The summed E-state index contributed by atoms with van der Waals surface area (Å²) in [4.78, 5) is 61.6. The molecule has 1 saturated heterocycles. The predicted molar refractivity (Wildman–Crippen MR) is 104 cm³/mol. The lowest BCUT2D eigenvalue weighted by Gasteiger charge is -2.35. The molecule has 3 rings (SSSR count). The Hall–Kier alpha value is -2.81. The molecule has 168 valence electrons. The van der Waals surface area contributed by atoms with Gasteiger partial charge in [0.2, 0.25) is 11.2 Å². The van der Waals surface area contributed by atoms with Gasteiger partial charge in [0.1, 0.15) is 12.2 Å². The Kier molecular flexibility index (Phi) is 5.46. The van der Waals surface area contributed by atoms with E-state index in [2.05, 4.69) is 0 Å². The number of ketones is 2. The summed E-state index contributed by atoms with van der Waals surface area (Å²) < 4.78 is 16.5. The van der Waals surface area contributed by atoms with Gasteiger partial charge < -0.3 is 19.3 Å². The molecule has 0 aromatic heterocycles. The minimum Gasteiger partial charge on any atom is -0.459 e. The fourth-order valence-corrected chi connectivity index (χ4v) is 4.72. The van der Waals surface area contributed by atoms with E-state index in [1.54, 1.807) is 13.8 Å². The first kappa shape index (κ1) is 22.9. The molecule has 1 N–H and O–H groups in total. The smallest absolute Gasteiger partial charge is 0.351 e. The molecule has 0 bridgehead atoms. The first-order valence-electron chi connectivity index (χ1n) is 9.99. The molecule has 1 heterocycles. The largest absolute Gasteiger partial charge is 0.459 e. The SMILES string of the molecule is CC(=O)OC1(C)C(=O)OC2C3C(C)=CC(=O)C3=C(C)CC(OC(=O)C(C)(O)C(C)=O)C21. The zero-order chi connectivity index (χ0) is 23.5. The normalized spacial score (nSPS) is 34.1. The van der Waals surface area contributed by atoms with Gasteiger partial charge in [-0.15, -0.1) is 0 Å². The number of hydrogen-bond donors (Lipinski definition) is 1. The van der Waals surface area contributed by atoms with Gasteiger partial charge in [0.25, 0.3) is 0 Å². The Bertz CT molecular complexity index is 954. The van der Waals surface area contributed by atoms with E-state index in [1.165, 1.54) is 13.0 Å². The maximum atomic E-state index is 12.8. The molecule has 0 amide bonds. The second kappa shape index (κ2) is 7.40. The lowest BCUT2D eigenvalue weighted by Crippen LogP contribution is -2.52. The molecule has 0 radical (unpaired) electrons. The lowest BCUT2D eigenvalue weighted by molar-refractivity contribution is -0.184. The van der Waals surface area contributed by atoms with Crippen LogP contribution in [0.4, 0.5) is 0 Å². The molecule has 1 fully saturated rings. The summed E-state index contributed by atoms with van der Waals surface area (Å²) in [5.74, 6) is -5.33. The van der Waals surface area contributed by atoms with Crippen molar-refractivity contribution >= 4 is 29.5 Å². The molecule has 6 atom stereocenters. The number of carbonyl (C=O) groups excluding carboxylic acids is 5. The third-order valence-electron chi connectivity index (χ3n) is 6.46. The molecule has 0 saturated carbocycles. The second-order valence-electron chi connectivity index (χ2n) is 8.80. The average Bonchev–Trinajstić information content (AvgIpc) is 3.00. The molecule has 0 aromatic rings. The van der Waals surface area contributed by atoms with Gasteiger partial charge in [-0.05, 0) is 40.7 Å². The number of rotatable bonds is 4. The molecule has 9 nitrogen and oxygen atoms in total. The predicted octanol–water partition coefficient (Wildman–Crippen LogP) is 0.967. The quantitative estimate of drug-likeness (QED) is 0.390. The van der Waals surface area contributed by atoms with Crippen LogP contribution in [0.5, 0.6) is 0 Å². The van der Waals surface area contributed by atoms with Gasteiger partial charge in [0.05, 0.1) is 5.92 Å². The maximum Gasteiger partial charge on any atom is 0.351 e. The van der Waals surface area contributed by atoms with Crippen LogP contribution in [0, 0.1) is 11.8 Å². The van der Waals surface area contributed by atoms with Gasteiger partial charge in [0, 0.05) is 24.8 Å². The van der Waals surface area contributed by atoms with Crippen molar-refractivity contribution in [3.05, 3.63) is 22.8 Å². The molecule has 3 aliphatic rings. The fourth-order valence-electron chi connectivity index (χ4n) is 4.72. The van der Waals surface area contributed by atoms with Crippen molar-refractivity contribution in [2.24, 2.45) is 11.8 Å². The van der Waals surface area contributed by atoms with Gasteiger partial charge in [-0.3, -0.25) is 14.4 Å². The molecule has 9 heteroatoms. The highest BCUT2D eigenvalue weighted by Gasteiger charge is 2.65. The summed E-state index contributed by atoms with van der Waals surface area (Å²) in [6, 6.07) is 0. The Morgan fingerprint density at radius 2 is 1.84 bits per heavy atom. The van der Waals surface area contributed by atoms with Crippen molar-refractivity contribution in [2.45, 2.75) is 71.4 Å². The van der Waals surface area contributed by atoms with Gasteiger partial charge in [-0.2, -0.15) is 0 Å². The molecule has 31 heavy (non-hydrogen) atoms. The zero-order valence-electron chi connectivity index (χ0n) is 18.3. The van der Waals surface area contributed by atoms with Crippen molar-refractivity contribution in [3.63, 3.8) is 0 Å². The van der Waals surface area contributed by atoms with Crippen molar-refractivity contribution in [1.82, 2.24) is 0 Å². The van der Waals surface area contributed by atoms with Crippen LogP contribution in [0.2, 0.25) is 0 Å². The number of Topliss-reactive ketones (excluding diaryl/α,β-unsaturated/α-hetero) is 1. The standard InChI is InChI=1S/C22H26O9/c1-9-7-13(25)15-10(2)8-14(29-19(26)21(5,28)11(3)23)17-18(16(9)15)30-20(27)22(17,6)31-12(4)24/h7,14,16-18,28H,8H2,1-6H3. The van der Waals surface area contributed by atoms with E-state index in [0.717, 1.165) is 20.8 Å². The summed E-state index contributed by atoms with van der Waals surface area (Å²) >= 11 is 0. The van der Waals surface area contributed by atoms with Crippen LogP contribution in [-0.2, 0) is 38.2 Å². The van der Waals surface area contributed by atoms with Crippen LogP contribution < -0.4 is 0 Å². The van der Waals surface area contributed by atoms with Crippen LogP contribution in [0.1, 0.15) is 48.0 Å². The van der Waals surface area contributed by atoms with E-state index in [9.17, 15) is 29.1 Å². The van der Waals surface area contributed by atoms with Crippen molar-refractivity contribution in [3.8, 4) is 0 Å². The number of allylic oxidation sites excluding steroid dienone is 1. The first-order chi connectivity index (χ1) is 14.2. The van der Waals surface area contributed by atoms with Gasteiger partial charge in [0.15, 0.2) is 11.6 Å². The number of carbonyl (C=O) groups is 5. The average molecular weight is 434 g/mol. The van der Waals surface area contributed by atoms with Crippen LogP contribution in [-0.4, -0.2) is 58.0 Å². The van der Waals surface area contributed by atoms with Gasteiger partial charge in [-0.1, -0.05) is 11.1 Å². The summed E-state index contributed by atoms with van der Waals surface area (Å²) in [6.45, 7) is 8.03. The fraction of sp³-hybridized carbons (Fsp3) is 0.591. The molecule has 0 spiro atoms. The first-order valence-corrected chi connectivity index (χ1v) is 9.99. The minimum absolute atomic E-state index is 0.0348. The molecular formula is C22H26O9. The van der Waals surface area contributed by atoms with E-state index < -0.39 is 58.9 Å². The molecule has 0 aromatic carbocycles. The van der Waals surface area contributed by atoms with Gasteiger partial charge >= 0.3 is 17.9 Å². The number of hydrogen-bond acceptors (Lipinski definition) is 9. The van der Waals surface area contributed by atoms with Crippen molar-refractivity contribution in [2.75, 3.05) is 0 Å². The van der Waals surface area contributed by atoms with Crippen LogP contribution >= 0.6 is 0 Å². The summed E-state index contributed by atoms with van der Waals surface area (Å²) in [5, 5.41) is 10.3. The molecule has 1 aliphatic heterocycles. The second-order valence-corrected chi connectivity index (χ2v) is 8.80. The topological polar surface area (TPSA) is 133 Å². The Labute approximate surface area is 179 Å². The Morgan fingerprint density at radius 3 is 2.39 bits per heavy atom. The highest BCUT2D eigenvalue weighted by atomic mass is 16.6. The van der Waals surface area contributed by atoms with Crippen molar-refractivity contribution < 1.29 is 43.3 Å². The summed E-state index contributed by atoms with van der Waals surface area (Å²) in [5.41, 5.74) is -2.43. The van der Waals surface area contributed by atoms with Crippen molar-refractivity contribution in [1.29, 1.82) is 0 Å². The molecule has 2 aliphatic carbocycles. The Morgan fingerprint density at radius 1 is 1.23 bits per heavy atom. The van der Waals surface area contributed by atoms with Crippen LogP contribution in [0.25, 0.3) is 0 Å². The van der Waals surface area contributed by atoms with E-state index >= 15 is 0 Å². The molecule has 6 unspecified atom stereocenters. The number of fused-ring (bicyclic) bond motifs is 3. The maximum absolute atomic E-state index is 12.8. The van der Waals surface area contributed by atoms with Crippen LogP contribution in [0.15, 0.2) is 22.8 Å². The molecular weight excluding hydrogens is 408 g/mol. The van der Waals surface area contributed by atoms with E-state index in [4.69, 9.17) is 14.2 Å². The third kappa shape index (κ3) is 3.50. The number of aliphatic hydroxyl groups is 1. The number of ether oxygens (including phenoxy) is 3. The highest BCUT2D eigenvalue weighted by molar-refractivity contribution is 6.09. The van der Waals surface area contributed by atoms with E-state index in [0.29, 0.717) is 16.7 Å². The monoisotopic (exact) mass is 434 g/mol. The number of esters is 3. The Balaban J connectivity index is 2.12. The third-order valence-corrected chi connectivity index (χ3v) is 6.46. The zero-order valence-corrected chi connectivity index (χ0v) is 18.3.